The number of sulfone groups is 1. The molecule has 0 aliphatic carbocycles. The van der Waals surface area contributed by atoms with Crippen LogP contribution in [-0.4, -0.2) is 42.6 Å². The van der Waals surface area contributed by atoms with E-state index in [1.165, 1.54) is 13.8 Å². The summed E-state index contributed by atoms with van der Waals surface area (Å²) in [5.74, 6) is -1.28. The van der Waals surface area contributed by atoms with E-state index in [2.05, 4.69) is 5.32 Å². The van der Waals surface area contributed by atoms with Crippen LogP contribution in [0.1, 0.15) is 13.8 Å². The first-order chi connectivity index (χ1) is 5.79. The molecule has 76 valence electrons. The number of nitrogens with one attached hydrogen (secondary N) is 1. The molecule has 1 aliphatic rings. The van der Waals surface area contributed by atoms with E-state index in [9.17, 15) is 13.2 Å². The zero-order valence-corrected chi connectivity index (χ0v) is 8.39. The lowest BCUT2D eigenvalue weighted by atomic mass is 10.2. The van der Waals surface area contributed by atoms with Crippen LogP contribution in [0.2, 0.25) is 0 Å². The number of hydrogen-bond donors (Lipinski definition) is 2. The summed E-state index contributed by atoms with van der Waals surface area (Å²) < 4.78 is 22.3. The van der Waals surface area contributed by atoms with E-state index >= 15 is 0 Å². The van der Waals surface area contributed by atoms with E-state index in [4.69, 9.17) is 5.11 Å². The molecule has 0 radical (unpaired) electrons. The Morgan fingerprint density at radius 3 is 2.46 bits per heavy atom. The van der Waals surface area contributed by atoms with Crippen molar-refractivity contribution in [1.29, 1.82) is 0 Å². The summed E-state index contributed by atoms with van der Waals surface area (Å²) in [5.41, 5.74) is 0. The Hall–Kier alpha value is -0.620. The van der Waals surface area contributed by atoms with Gasteiger partial charge in [0.05, 0.1) is 4.75 Å². The molecule has 0 spiro atoms. The number of aliphatic carboxylic acids is 1. The van der Waals surface area contributed by atoms with Gasteiger partial charge in [-0.25, -0.2) is 8.42 Å². The van der Waals surface area contributed by atoms with Crippen molar-refractivity contribution in [2.24, 2.45) is 0 Å². The number of rotatable bonds is 1. The average molecular weight is 207 g/mol. The van der Waals surface area contributed by atoms with Gasteiger partial charge >= 0.3 is 5.97 Å². The molecule has 6 heteroatoms. The summed E-state index contributed by atoms with van der Waals surface area (Å²) in [6, 6.07) is 0. The minimum absolute atomic E-state index is 0.00109. The third-order valence-corrected chi connectivity index (χ3v) is 5.10. The Labute approximate surface area is 77.1 Å². The summed E-state index contributed by atoms with van der Waals surface area (Å²) in [5, 5.41) is 10.2. The molecule has 1 atom stereocenters. The lowest BCUT2D eigenvalue weighted by molar-refractivity contribution is -0.136. The van der Waals surface area contributed by atoms with Gasteiger partial charge in [0.25, 0.3) is 0 Å². The third-order valence-electron chi connectivity index (χ3n) is 2.30. The first kappa shape index (κ1) is 10.5. The lowest BCUT2D eigenvalue weighted by Crippen LogP contribution is -2.58. The fourth-order valence-electron chi connectivity index (χ4n) is 1.32. The number of carbonyl (C=O) groups is 1. The second-order valence-corrected chi connectivity index (χ2v) is 6.53. The molecule has 1 unspecified atom stereocenters. The highest BCUT2D eigenvalue weighted by molar-refractivity contribution is 7.94. The van der Waals surface area contributed by atoms with Crippen LogP contribution in [0.25, 0.3) is 0 Å². The summed E-state index contributed by atoms with van der Waals surface area (Å²) in [4.78, 5) is 10.6. The van der Waals surface area contributed by atoms with Crippen LogP contribution in [0.15, 0.2) is 0 Å². The molecule has 0 aromatic carbocycles. The third kappa shape index (κ3) is 1.55. The van der Waals surface area contributed by atoms with Crippen LogP contribution < -0.4 is 5.32 Å². The fraction of sp³-hybridized carbons (Fsp3) is 0.857. The van der Waals surface area contributed by atoms with Crippen molar-refractivity contribution in [3.8, 4) is 0 Å². The molecule has 1 saturated heterocycles. The standard InChI is InChI=1S/C7H13NO4S/c1-7(2)4-8-3-5(6(9)10)13(7,11)12/h5,8H,3-4H2,1-2H3,(H,9,10). The molecule has 0 amide bonds. The van der Waals surface area contributed by atoms with Crippen molar-refractivity contribution in [3.05, 3.63) is 0 Å². The summed E-state index contributed by atoms with van der Waals surface area (Å²) in [7, 11) is -3.56. The zero-order chi connectivity index (χ0) is 10.3. The Balaban J connectivity index is 3.10. The molecule has 1 aliphatic heterocycles. The molecule has 1 fully saturated rings. The Bertz CT molecular complexity index is 319. The smallest absolute Gasteiger partial charge is 0.323 e. The monoisotopic (exact) mass is 207 g/mol. The predicted molar refractivity (Wildman–Crippen MR) is 47.3 cm³/mol. The van der Waals surface area contributed by atoms with Crippen LogP contribution >= 0.6 is 0 Å². The van der Waals surface area contributed by atoms with Crippen molar-refractivity contribution in [2.75, 3.05) is 13.1 Å². The highest BCUT2D eigenvalue weighted by Crippen LogP contribution is 2.24. The van der Waals surface area contributed by atoms with Crippen molar-refractivity contribution in [2.45, 2.75) is 23.8 Å². The van der Waals surface area contributed by atoms with Gasteiger partial charge in [-0.3, -0.25) is 4.79 Å². The molecule has 1 heterocycles. The molecule has 0 bridgehead atoms. The maximum absolute atomic E-state index is 11.7. The Kier molecular flexibility index (Phi) is 2.38. The van der Waals surface area contributed by atoms with Gasteiger partial charge in [0.15, 0.2) is 15.1 Å². The Morgan fingerprint density at radius 1 is 1.54 bits per heavy atom. The molecule has 2 N–H and O–H groups in total. The maximum atomic E-state index is 11.7. The van der Waals surface area contributed by atoms with Crippen LogP contribution in [0.5, 0.6) is 0 Å². The summed E-state index contributed by atoms with van der Waals surface area (Å²) in [6.07, 6.45) is 0. The van der Waals surface area contributed by atoms with Crippen LogP contribution in [-0.2, 0) is 14.6 Å². The number of carboxylic acid groups (broad SMARTS) is 1. The largest absolute Gasteiger partial charge is 0.480 e. The summed E-state index contributed by atoms with van der Waals surface area (Å²) >= 11 is 0. The van der Waals surface area contributed by atoms with Gasteiger partial charge in [-0.05, 0) is 13.8 Å². The van der Waals surface area contributed by atoms with Gasteiger partial charge in [-0.15, -0.1) is 0 Å². The van der Waals surface area contributed by atoms with Crippen LogP contribution in [0.4, 0.5) is 0 Å². The van der Waals surface area contributed by atoms with Crippen molar-refractivity contribution < 1.29 is 18.3 Å². The molecule has 13 heavy (non-hydrogen) atoms. The van der Waals surface area contributed by atoms with E-state index in [1.807, 2.05) is 0 Å². The van der Waals surface area contributed by atoms with E-state index in [0.29, 0.717) is 6.54 Å². The van der Waals surface area contributed by atoms with Gasteiger partial charge in [-0.1, -0.05) is 0 Å². The molecule has 5 nitrogen and oxygen atoms in total. The van der Waals surface area contributed by atoms with Crippen LogP contribution in [0.3, 0.4) is 0 Å². The summed E-state index contributed by atoms with van der Waals surface area (Å²) in [6.45, 7) is 3.37. The van der Waals surface area contributed by atoms with E-state index in [0.717, 1.165) is 0 Å². The number of carboxylic acids is 1. The van der Waals surface area contributed by atoms with E-state index in [1.54, 1.807) is 0 Å². The minimum atomic E-state index is -3.56. The molecular weight excluding hydrogens is 194 g/mol. The average Bonchev–Trinajstić information content (AvgIpc) is 1.94. The van der Waals surface area contributed by atoms with Gasteiger partial charge in [0.1, 0.15) is 0 Å². The quantitative estimate of drug-likeness (QED) is 0.590. The molecule has 0 aromatic rings. The fourth-order valence-corrected chi connectivity index (χ4v) is 3.00. The van der Waals surface area contributed by atoms with Crippen molar-refractivity contribution in [1.82, 2.24) is 5.32 Å². The highest BCUT2D eigenvalue weighted by atomic mass is 32.2. The lowest BCUT2D eigenvalue weighted by Gasteiger charge is -2.33. The minimum Gasteiger partial charge on any atom is -0.480 e. The van der Waals surface area contributed by atoms with Crippen molar-refractivity contribution >= 4 is 15.8 Å². The second kappa shape index (κ2) is 2.95. The second-order valence-electron chi connectivity index (χ2n) is 3.76. The van der Waals surface area contributed by atoms with Gasteiger partial charge in [0, 0.05) is 13.1 Å². The number of hydrogen-bond acceptors (Lipinski definition) is 4. The highest BCUT2D eigenvalue weighted by Gasteiger charge is 2.47. The molecule has 0 saturated carbocycles. The molecule has 1 rings (SSSR count). The van der Waals surface area contributed by atoms with E-state index < -0.39 is 25.8 Å². The Morgan fingerprint density at radius 2 is 2.08 bits per heavy atom. The van der Waals surface area contributed by atoms with Crippen molar-refractivity contribution in [3.63, 3.8) is 0 Å². The first-order valence-electron chi connectivity index (χ1n) is 3.96. The first-order valence-corrected chi connectivity index (χ1v) is 5.50. The topological polar surface area (TPSA) is 83.5 Å². The van der Waals surface area contributed by atoms with Gasteiger partial charge < -0.3 is 10.4 Å². The SMILES string of the molecule is CC1(C)CNCC(C(=O)O)S1(=O)=O. The molecular formula is C7H13NO4S. The predicted octanol–water partition coefficient (Wildman–Crippen LogP) is -0.764. The normalized spacial score (nSPS) is 31.1. The zero-order valence-electron chi connectivity index (χ0n) is 7.57. The van der Waals surface area contributed by atoms with Crippen LogP contribution in [0, 0.1) is 0 Å². The molecule has 0 aromatic heterocycles. The van der Waals surface area contributed by atoms with Gasteiger partial charge in [-0.2, -0.15) is 0 Å². The van der Waals surface area contributed by atoms with E-state index in [-0.39, 0.29) is 6.54 Å². The van der Waals surface area contributed by atoms with Gasteiger partial charge in [0.2, 0.25) is 0 Å². The maximum Gasteiger partial charge on any atom is 0.323 e.